The van der Waals surface area contributed by atoms with E-state index in [0.29, 0.717) is 22.0 Å². The summed E-state index contributed by atoms with van der Waals surface area (Å²) in [5.41, 5.74) is 0.951. The maximum atomic E-state index is 12.5. The normalized spacial score (nSPS) is 17.5. The third-order valence-corrected chi connectivity index (χ3v) is 5.42. The number of carbonyl (C=O) groups excluding carboxylic acids is 1. The average molecular weight is 378 g/mol. The lowest BCUT2D eigenvalue weighted by molar-refractivity contribution is -0.105. The zero-order valence-electron chi connectivity index (χ0n) is 13.5. The van der Waals surface area contributed by atoms with Crippen LogP contribution in [-0.2, 0) is 0 Å². The average Bonchev–Trinajstić information content (AvgIpc) is 2.94. The first-order valence-corrected chi connectivity index (χ1v) is 9.09. The zero-order valence-corrected chi connectivity index (χ0v) is 15.0. The maximum Gasteiger partial charge on any atom is 0.257 e. The molecular formula is C19H17Cl2NO3. The Bertz CT molecular complexity index is 831. The first kappa shape index (κ1) is 16.6. The van der Waals surface area contributed by atoms with Crippen LogP contribution in [0.4, 0.5) is 5.69 Å². The number of halogens is 2. The minimum Gasteiger partial charge on any atom is -0.448 e. The van der Waals surface area contributed by atoms with Crippen molar-refractivity contribution >= 4 is 34.8 Å². The van der Waals surface area contributed by atoms with E-state index < -0.39 is 5.79 Å². The number of amides is 1. The second kappa shape index (κ2) is 6.43. The highest BCUT2D eigenvalue weighted by Gasteiger charge is 2.42. The zero-order chi connectivity index (χ0) is 17.4. The van der Waals surface area contributed by atoms with Gasteiger partial charge in [0.2, 0.25) is 0 Å². The maximum absolute atomic E-state index is 12.5. The fraction of sp³-hybridized carbons (Fsp3) is 0.316. The highest BCUT2D eigenvalue weighted by atomic mass is 35.5. The summed E-state index contributed by atoms with van der Waals surface area (Å²) >= 11 is 12.1. The minimum absolute atomic E-state index is 0.239. The Morgan fingerprint density at radius 3 is 2.56 bits per heavy atom. The number of anilines is 1. The van der Waals surface area contributed by atoms with Crippen LogP contribution in [0.5, 0.6) is 11.5 Å². The number of rotatable bonds is 2. The lowest BCUT2D eigenvalue weighted by Crippen LogP contribution is -2.40. The van der Waals surface area contributed by atoms with Crippen molar-refractivity contribution in [3.63, 3.8) is 0 Å². The van der Waals surface area contributed by atoms with Crippen LogP contribution in [0.15, 0.2) is 36.4 Å². The van der Waals surface area contributed by atoms with Crippen molar-refractivity contribution < 1.29 is 14.3 Å². The number of fused-ring (bicyclic) bond motifs is 1. The van der Waals surface area contributed by atoms with Gasteiger partial charge < -0.3 is 14.8 Å². The number of benzene rings is 2. The van der Waals surface area contributed by atoms with Crippen molar-refractivity contribution in [2.24, 2.45) is 0 Å². The number of ether oxygens (including phenoxy) is 2. The van der Waals surface area contributed by atoms with Gasteiger partial charge in [-0.25, -0.2) is 0 Å². The predicted molar refractivity (Wildman–Crippen MR) is 97.9 cm³/mol. The van der Waals surface area contributed by atoms with Crippen LogP contribution in [0.2, 0.25) is 10.0 Å². The van der Waals surface area contributed by atoms with E-state index in [1.165, 1.54) is 6.42 Å². The Balaban J connectivity index is 1.53. The van der Waals surface area contributed by atoms with Crippen molar-refractivity contribution in [2.45, 2.75) is 37.9 Å². The molecule has 6 heteroatoms. The number of hydrogen-bond donors (Lipinski definition) is 1. The van der Waals surface area contributed by atoms with Gasteiger partial charge in [0.25, 0.3) is 11.7 Å². The first-order chi connectivity index (χ1) is 12.1. The molecule has 1 heterocycles. The highest BCUT2D eigenvalue weighted by Crippen LogP contribution is 2.46. The molecule has 1 N–H and O–H groups in total. The molecule has 25 heavy (non-hydrogen) atoms. The van der Waals surface area contributed by atoms with Crippen LogP contribution < -0.4 is 14.8 Å². The van der Waals surface area contributed by atoms with Gasteiger partial charge in [-0.1, -0.05) is 35.7 Å². The minimum atomic E-state index is -0.528. The van der Waals surface area contributed by atoms with E-state index >= 15 is 0 Å². The van der Waals surface area contributed by atoms with Gasteiger partial charge >= 0.3 is 0 Å². The Hall–Kier alpha value is -1.91. The summed E-state index contributed by atoms with van der Waals surface area (Å²) in [6.45, 7) is 0. The molecule has 1 saturated carbocycles. The lowest BCUT2D eigenvalue weighted by atomic mass is 9.94. The summed E-state index contributed by atoms with van der Waals surface area (Å²) in [6, 6.07) is 10.4. The topological polar surface area (TPSA) is 47.6 Å². The summed E-state index contributed by atoms with van der Waals surface area (Å²) in [7, 11) is 0. The SMILES string of the molecule is O=C(Nc1ccc2c(c1)OC1(CCCCC1)O2)c1cccc(Cl)c1Cl. The molecule has 0 radical (unpaired) electrons. The quantitative estimate of drug-likeness (QED) is 0.732. The van der Waals surface area contributed by atoms with E-state index in [2.05, 4.69) is 5.32 Å². The van der Waals surface area contributed by atoms with Crippen LogP contribution in [-0.4, -0.2) is 11.7 Å². The molecule has 4 rings (SSSR count). The van der Waals surface area contributed by atoms with Gasteiger partial charge in [0.05, 0.1) is 15.6 Å². The molecule has 2 aromatic rings. The molecule has 0 bridgehead atoms. The van der Waals surface area contributed by atoms with E-state index in [4.69, 9.17) is 32.7 Å². The van der Waals surface area contributed by atoms with Gasteiger partial charge in [0, 0.05) is 24.6 Å². The molecule has 1 amide bonds. The first-order valence-electron chi connectivity index (χ1n) is 8.34. The Morgan fingerprint density at radius 1 is 1.00 bits per heavy atom. The Morgan fingerprint density at radius 2 is 1.76 bits per heavy atom. The molecule has 1 fully saturated rings. The van der Waals surface area contributed by atoms with E-state index in [1.807, 2.05) is 6.07 Å². The second-order valence-corrected chi connectivity index (χ2v) is 7.18. The van der Waals surface area contributed by atoms with E-state index in [0.717, 1.165) is 31.4 Å². The summed E-state index contributed by atoms with van der Waals surface area (Å²) in [4.78, 5) is 12.5. The van der Waals surface area contributed by atoms with Crippen LogP contribution >= 0.6 is 23.2 Å². The fourth-order valence-corrected chi connectivity index (χ4v) is 3.73. The van der Waals surface area contributed by atoms with Crippen molar-refractivity contribution in [1.29, 1.82) is 0 Å². The van der Waals surface area contributed by atoms with Crippen LogP contribution in [0.25, 0.3) is 0 Å². The summed E-state index contributed by atoms with van der Waals surface area (Å²) in [5.74, 6) is 0.538. The predicted octanol–water partition coefficient (Wildman–Crippen LogP) is 5.68. The summed E-state index contributed by atoms with van der Waals surface area (Å²) in [5, 5.41) is 3.42. The number of hydrogen-bond acceptors (Lipinski definition) is 3. The molecule has 0 atom stereocenters. The van der Waals surface area contributed by atoms with Gasteiger partial charge in [-0.3, -0.25) is 4.79 Å². The highest BCUT2D eigenvalue weighted by molar-refractivity contribution is 6.44. The van der Waals surface area contributed by atoms with Crippen molar-refractivity contribution in [3.05, 3.63) is 52.0 Å². The standard InChI is InChI=1S/C19H17Cl2NO3/c20-14-6-4-5-13(17(14)21)18(23)22-12-7-8-15-16(11-12)25-19(24-15)9-2-1-3-10-19/h4-8,11H,1-3,9-10H2,(H,22,23). The smallest absolute Gasteiger partial charge is 0.257 e. The van der Waals surface area contributed by atoms with Crippen molar-refractivity contribution in [2.75, 3.05) is 5.32 Å². The van der Waals surface area contributed by atoms with Crippen molar-refractivity contribution in [3.8, 4) is 11.5 Å². The van der Waals surface area contributed by atoms with Crippen molar-refractivity contribution in [1.82, 2.24) is 0 Å². The molecule has 4 nitrogen and oxygen atoms in total. The monoisotopic (exact) mass is 377 g/mol. The molecule has 0 aromatic heterocycles. The summed E-state index contributed by atoms with van der Waals surface area (Å²) < 4.78 is 12.1. The molecular weight excluding hydrogens is 361 g/mol. The van der Waals surface area contributed by atoms with Crippen LogP contribution in [0.3, 0.4) is 0 Å². The van der Waals surface area contributed by atoms with Gasteiger partial charge in [-0.2, -0.15) is 0 Å². The van der Waals surface area contributed by atoms with Gasteiger partial charge in [-0.15, -0.1) is 0 Å². The molecule has 0 unspecified atom stereocenters. The van der Waals surface area contributed by atoms with Crippen LogP contribution in [0.1, 0.15) is 42.5 Å². The molecule has 130 valence electrons. The Kier molecular flexibility index (Phi) is 4.26. The number of carbonyl (C=O) groups is 1. The number of nitrogens with one attached hydrogen (secondary N) is 1. The second-order valence-electron chi connectivity index (χ2n) is 6.39. The molecule has 2 aliphatic rings. The molecule has 0 saturated heterocycles. The summed E-state index contributed by atoms with van der Waals surface area (Å²) in [6.07, 6.45) is 5.20. The molecule has 1 spiro atoms. The van der Waals surface area contributed by atoms with E-state index in [-0.39, 0.29) is 10.9 Å². The third-order valence-electron chi connectivity index (χ3n) is 4.61. The molecule has 1 aliphatic carbocycles. The molecule has 2 aromatic carbocycles. The largest absolute Gasteiger partial charge is 0.448 e. The van der Waals surface area contributed by atoms with Gasteiger partial charge in [0.15, 0.2) is 11.5 Å². The molecule has 1 aliphatic heterocycles. The Labute approximate surface area is 156 Å². The van der Waals surface area contributed by atoms with Gasteiger partial charge in [0.1, 0.15) is 0 Å². The fourth-order valence-electron chi connectivity index (χ4n) is 3.34. The third kappa shape index (κ3) is 3.16. The van der Waals surface area contributed by atoms with E-state index in [1.54, 1.807) is 30.3 Å². The lowest BCUT2D eigenvalue weighted by Gasteiger charge is -2.31. The van der Waals surface area contributed by atoms with E-state index in [9.17, 15) is 4.79 Å². The van der Waals surface area contributed by atoms with Gasteiger partial charge in [-0.05, 0) is 37.1 Å². The van der Waals surface area contributed by atoms with Crippen LogP contribution in [0, 0.1) is 0 Å².